The van der Waals surface area contributed by atoms with Crippen LogP contribution in [0.25, 0.3) is 10.2 Å². The molecule has 0 aliphatic carbocycles. The van der Waals surface area contributed by atoms with Crippen LogP contribution in [0.15, 0.2) is 51.8 Å². The van der Waals surface area contributed by atoms with Crippen molar-refractivity contribution < 1.29 is 14.3 Å². The van der Waals surface area contributed by atoms with E-state index >= 15 is 0 Å². The molecule has 0 spiro atoms. The van der Waals surface area contributed by atoms with Crippen LogP contribution < -0.4 is 4.90 Å². The molecule has 1 aliphatic rings. The molecule has 2 heterocycles. The number of carbonyl (C=O) groups is 2. The fourth-order valence-electron chi connectivity index (χ4n) is 3.09. The molecule has 1 atom stereocenters. The lowest BCUT2D eigenvalue weighted by atomic mass is 10.2. The van der Waals surface area contributed by atoms with Crippen LogP contribution >= 0.6 is 39.0 Å². The van der Waals surface area contributed by atoms with E-state index in [0.29, 0.717) is 13.2 Å². The van der Waals surface area contributed by atoms with Gasteiger partial charge < -0.3 is 9.64 Å². The number of thiazole rings is 1. The number of thioether (sulfide) groups is 1. The highest BCUT2D eigenvalue weighted by Gasteiger charge is 2.35. The summed E-state index contributed by atoms with van der Waals surface area (Å²) in [6.45, 7) is 2.46. The van der Waals surface area contributed by atoms with Crippen LogP contribution in [-0.2, 0) is 20.9 Å². The summed E-state index contributed by atoms with van der Waals surface area (Å²) in [4.78, 5) is 32.5. The normalized spacial score (nSPS) is 16.3. The SMILES string of the molecule is CCOC(=O)CC1Sc2ccccc2N(Cc2nc3cc(Br)ccc3s2)C1=O. The number of amides is 1. The molecule has 1 unspecified atom stereocenters. The van der Waals surface area contributed by atoms with Gasteiger partial charge in [-0.3, -0.25) is 9.59 Å². The maximum atomic E-state index is 13.2. The first kappa shape index (κ1) is 19.4. The van der Waals surface area contributed by atoms with Crippen LogP contribution in [0.1, 0.15) is 18.4 Å². The first-order valence-corrected chi connectivity index (χ1v) is 11.3. The molecule has 0 saturated heterocycles. The average molecular weight is 477 g/mol. The van der Waals surface area contributed by atoms with E-state index in [2.05, 4.69) is 20.9 Å². The van der Waals surface area contributed by atoms with Gasteiger partial charge in [0.1, 0.15) is 5.01 Å². The molecule has 8 heteroatoms. The van der Waals surface area contributed by atoms with E-state index in [1.165, 1.54) is 11.8 Å². The predicted molar refractivity (Wildman–Crippen MR) is 116 cm³/mol. The minimum atomic E-state index is -0.488. The second-order valence-electron chi connectivity index (χ2n) is 6.23. The Labute approximate surface area is 179 Å². The molecule has 0 bridgehead atoms. The van der Waals surface area contributed by atoms with Gasteiger partial charge >= 0.3 is 5.97 Å². The number of benzene rings is 2. The molecule has 1 aromatic heterocycles. The van der Waals surface area contributed by atoms with Crippen molar-refractivity contribution in [1.82, 2.24) is 4.98 Å². The highest BCUT2D eigenvalue weighted by atomic mass is 79.9. The van der Waals surface area contributed by atoms with Gasteiger partial charge in [-0.15, -0.1) is 23.1 Å². The number of carbonyl (C=O) groups excluding carboxylic acids is 2. The molecule has 0 N–H and O–H groups in total. The fourth-order valence-corrected chi connectivity index (χ4v) is 5.59. The zero-order chi connectivity index (χ0) is 19.7. The summed E-state index contributed by atoms with van der Waals surface area (Å²) in [5.74, 6) is -0.435. The minimum absolute atomic E-state index is 0.0645. The Morgan fingerprint density at radius 1 is 1.29 bits per heavy atom. The Bertz CT molecular complexity index is 1050. The van der Waals surface area contributed by atoms with E-state index < -0.39 is 5.25 Å². The number of hydrogen-bond acceptors (Lipinski definition) is 6. The van der Waals surface area contributed by atoms with Gasteiger partial charge in [0.25, 0.3) is 0 Å². The van der Waals surface area contributed by atoms with Crippen molar-refractivity contribution in [2.45, 2.75) is 30.0 Å². The number of para-hydroxylation sites is 1. The lowest BCUT2D eigenvalue weighted by Gasteiger charge is -2.32. The minimum Gasteiger partial charge on any atom is -0.466 e. The Morgan fingerprint density at radius 3 is 2.93 bits per heavy atom. The van der Waals surface area contributed by atoms with Crippen molar-refractivity contribution in [2.24, 2.45) is 0 Å². The van der Waals surface area contributed by atoms with Crippen LogP contribution in [0.2, 0.25) is 0 Å². The van der Waals surface area contributed by atoms with Crippen molar-refractivity contribution in [3.63, 3.8) is 0 Å². The predicted octanol–water partition coefficient (Wildman–Crippen LogP) is 5.02. The van der Waals surface area contributed by atoms with Crippen LogP contribution in [0.5, 0.6) is 0 Å². The third-order valence-electron chi connectivity index (χ3n) is 4.31. The summed E-state index contributed by atoms with van der Waals surface area (Å²) in [6.07, 6.45) is 0.0645. The number of hydrogen-bond donors (Lipinski definition) is 0. The summed E-state index contributed by atoms with van der Waals surface area (Å²) in [6, 6.07) is 13.7. The molecule has 0 fully saturated rings. The smallest absolute Gasteiger partial charge is 0.307 e. The topological polar surface area (TPSA) is 59.5 Å². The lowest BCUT2D eigenvalue weighted by molar-refractivity contribution is -0.144. The number of aromatic nitrogens is 1. The van der Waals surface area contributed by atoms with Crippen molar-refractivity contribution in [1.29, 1.82) is 0 Å². The Balaban J connectivity index is 1.64. The third-order valence-corrected chi connectivity index (χ3v) is 7.08. The molecule has 144 valence electrons. The van der Waals surface area contributed by atoms with E-state index in [4.69, 9.17) is 4.74 Å². The average Bonchev–Trinajstić information content (AvgIpc) is 3.07. The van der Waals surface area contributed by atoms with E-state index in [0.717, 1.165) is 30.3 Å². The summed E-state index contributed by atoms with van der Waals surface area (Å²) in [5.41, 5.74) is 1.77. The van der Waals surface area contributed by atoms with Gasteiger partial charge in [-0.25, -0.2) is 4.98 Å². The maximum Gasteiger partial charge on any atom is 0.307 e. The standard InChI is InChI=1S/C20H17BrN2O3S2/c1-2-26-19(24)10-17-20(25)23(14-5-3-4-6-16(14)27-17)11-18-22-13-9-12(21)7-8-15(13)28-18/h3-9,17H,2,10-11H2,1H3. The Kier molecular flexibility index (Phi) is 5.70. The van der Waals surface area contributed by atoms with E-state index in [-0.39, 0.29) is 18.3 Å². The monoisotopic (exact) mass is 476 g/mol. The lowest BCUT2D eigenvalue weighted by Crippen LogP contribution is -2.41. The zero-order valence-electron chi connectivity index (χ0n) is 15.1. The number of halogens is 1. The molecule has 4 rings (SSSR count). The van der Waals surface area contributed by atoms with Gasteiger partial charge in [-0.1, -0.05) is 28.1 Å². The van der Waals surface area contributed by atoms with Gasteiger partial charge in [-0.05, 0) is 37.3 Å². The number of esters is 1. The van der Waals surface area contributed by atoms with Crippen LogP contribution in [0.3, 0.4) is 0 Å². The summed E-state index contributed by atoms with van der Waals surface area (Å²) in [7, 11) is 0. The quantitative estimate of drug-likeness (QED) is 0.483. The highest BCUT2D eigenvalue weighted by Crippen LogP contribution is 2.41. The summed E-state index contributed by atoms with van der Waals surface area (Å²) < 4.78 is 7.10. The van der Waals surface area contributed by atoms with Crippen LogP contribution in [0.4, 0.5) is 5.69 Å². The Hall–Kier alpha value is -1.90. The van der Waals surface area contributed by atoms with Crippen molar-refractivity contribution >= 4 is 66.8 Å². The van der Waals surface area contributed by atoms with Gasteiger partial charge in [0.05, 0.1) is 40.7 Å². The Morgan fingerprint density at radius 2 is 2.11 bits per heavy atom. The molecule has 2 aromatic carbocycles. The first-order valence-electron chi connectivity index (χ1n) is 8.83. The van der Waals surface area contributed by atoms with Crippen LogP contribution in [0, 0.1) is 0 Å². The molecule has 28 heavy (non-hydrogen) atoms. The summed E-state index contributed by atoms with van der Waals surface area (Å²) >= 11 is 6.47. The van der Waals surface area contributed by atoms with E-state index in [9.17, 15) is 9.59 Å². The number of fused-ring (bicyclic) bond motifs is 2. The van der Waals surface area contributed by atoms with Crippen molar-refractivity contribution in [3.05, 3.63) is 51.9 Å². The molecule has 0 radical (unpaired) electrons. The number of anilines is 1. The molecule has 5 nitrogen and oxygen atoms in total. The second-order valence-corrected chi connectivity index (χ2v) is 9.50. The maximum absolute atomic E-state index is 13.2. The number of nitrogens with zero attached hydrogens (tertiary/aromatic N) is 2. The zero-order valence-corrected chi connectivity index (χ0v) is 18.3. The fraction of sp³-hybridized carbons (Fsp3) is 0.250. The second kappa shape index (κ2) is 8.23. The van der Waals surface area contributed by atoms with Gasteiger partial charge in [0.2, 0.25) is 5.91 Å². The van der Waals surface area contributed by atoms with Gasteiger partial charge in [0, 0.05) is 9.37 Å². The number of rotatable bonds is 5. The van der Waals surface area contributed by atoms with Crippen LogP contribution in [-0.4, -0.2) is 28.7 Å². The van der Waals surface area contributed by atoms with Crippen molar-refractivity contribution in [3.8, 4) is 0 Å². The largest absolute Gasteiger partial charge is 0.466 e. The third kappa shape index (κ3) is 3.94. The summed E-state index contributed by atoms with van der Waals surface area (Å²) in [5, 5.41) is 0.371. The molecule has 0 saturated carbocycles. The molecule has 1 amide bonds. The molecule has 1 aliphatic heterocycles. The van der Waals surface area contributed by atoms with Gasteiger partial charge in [-0.2, -0.15) is 0 Å². The highest BCUT2D eigenvalue weighted by molar-refractivity contribution is 9.10. The van der Waals surface area contributed by atoms with Crippen molar-refractivity contribution in [2.75, 3.05) is 11.5 Å². The molecule has 3 aromatic rings. The van der Waals surface area contributed by atoms with E-state index in [1.54, 1.807) is 23.2 Å². The first-order chi connectivity index (χ1) is 13.5. The molecular weight excluding hydrogens is 460 g/mol. The number of ether oxygens (including phenoxy) is 1. The molecular formula is C20H17BrN2O3S2. The van der Waals surface area contributed by atoms with E-state index in [1.807, 2.05) is 42.5 Å². The van der Waals surface area contributed by atoms with Gasteiger partial charge in [0.15, 0.2) is 0 Å².